The second-order valence-electron chi connectivity index (χ2n) is 6.48. The molecule has 0 heterocycles. The van der Waals surface area contributed by atoms with Crippen molar-refractivity contribution in [3.05, 3.63) is 99.2 Å². The number of hydrogen-bond donors (Lipinski definition) is 0. The molecule has 0 unspecified atom stereocenters. The Morgan fingerprint density at radius 1 is 1.10 bits per heavy atom. The Hall–Kier alpha value is -4.03. The number of nitro benzene ring substituents is 1. The zero-order valence-corrected chi connectivity index (χ0v) is 17.1. The SMILES string of the molecule is CN(c1ccccc1)c1ccc(C=C(C#N)S(=O)(=O)c2ccc(F)cc2)cc1[N+](=O)[O-]. The van der Waals surface area contributed by atoms with Crippen molar-refractivity contribution in [1.29, 1.82) is 5.26 Å². The maximum Gasteiger partial charge on any atom is 0.293 e. The Balaban J connectivity index is 2.05. The minimum atomic E-state index is -4.22. The third kappa shape index (κ3) is 4.60. The number of nitrogens with zero attached hydrogens (tertiary/aromatic N) is 3. The normalized spacial score (nSPS) is 11.6. The molecule has 0 aliphatic heterocycles. The van der Waals surface area contributed by atoms with Crippen LogP contribution in [0.3, 0.4) is 0 Å². The van der Waals surface area contributed by atoms with Gasteiger partial charge in [-0.25, -0.2) is 12.8 Å². The predicted octanol–water partition coefficient (Wildman–Crippen LogP) is 4.84. The number of allylic oxidation sites excluding steroid dienone is 1. The zero-order chi connectivity index (χ0) is 22.6. The van der Waals surface area contributed by atoms with Crippen molar-refractivity contribution in [3.8, 4) is 6.07 Å². The molecule has 0 N–H and O–H groups in total. The van der Waals surface area contributed by atoms with E-state index in [4.69, 9.17) is 0 Å². The summed E-state index contributed by atoms with van der Waals surface area (Å²) in [4.78, 5) is 11.8. The van der Waals surface area contributed by atoms with Gasteiger partial charge in [0.05, 0.1) is 9.82 Å². The van der Waals surface area contributed by atoms with E-state index in [1.54, 1.807) is 42.3 Å². The van der Waals surface area contributed by atoms with Crippen LogP contribution in [0.1, 0.15) is 5.56 Å². The number of halogens is 1. The summed E-state index contributed by atoms with van der Waals surface area (Å²) >= 11 is 0. The number of nitro groups is 1. The summed E-state index contributed by atoms with van der Waals surface area (Å²) in [6.45, 7) is 0. The van der Waals surface area contributed by atoms with Crippen molar-refractivity contribution in [2.75, 3.05) is 11.9 Å². The molecule has 0 saturated heterocycles. The van der Waals surface area contributed by atoms with Crippen molar-refractivity contribution in [3.63, 3.8) is 0 Å². The largest absolute Gasteiger partial charge is 0.339 e. The fourth-order valence-electron chi connectivity index (χ4n) is 2.91. The van der Waals surface area contributed by atoms with Gasteiger partial charge in [0.1, 0.15) is 22.5 Å². The average Bonchev–Trinajstić information content (AvgIpc) is 2.77. The number of rotatable bonds is 6. The maximum absolute atomic E-state index is 13.1. The van der Waals surface area contributed by atoms with Crippen molar-refractivity contribution >= 4 is 33.0 Å². The van der Waals surface area contributed by atoms with E-state index in [9.17, 15) is 28.2 Å². The molecule has 0 aliphatic rings. The fraction of sp³-hybridized carbons (Fsp3) is 0.0455. The summed E-state index contributed by atoms with van der Waals surface area (Å²) in [7, 11) is -2.54. The number of para-hydroxylation sites is 1. The van der Waals surface area contributed by atoms with Gasteiger partial charge in [0.15, 0.2) is 0 Å². The van der Waals surface area contributed by atoms with Gasteiger partial charge in [0.2, 0.25) is 9.84 Å². The maximum atomic E-state index is 13.1. The van der Waals surface area contributed by atoms with Gasteiger partial charge >= 0.3 is 0 Å². The lowest BCUT2D eigenvalue weighted by Gasteiger charge is -2.19. The van der Waals surface area contributed by atoms with Crippen LogP contribution in [-0.4, -0.2) is 20.4 Å². The molecule has 0 spiro atoms. The monoisotopic (exact) mass is 437 g/mol. The first-order valence-electron chi connectivity index (χ1n) is 8.93. The Morgan fingerprint density at radius 3 is 2.32 bits per heavy atom. The highest BCUT2D eigenvalue weighted by atomic mass is 32.2. The smallest absolute Gasteiger partial charge is 0.293 e. The Bertz CT molecular complexity index is 1300. The van der Waals surface area contributed by atoms with Crippen LogP contribution in [0.4, 0.5) is 21.5 Å². The van der Waals surface area contributed by atoms with E-state index in [2.05, 4.69) is 0 Å². The highest BCUT2D eigenvalue weighted by Gasteiger charge is 2.23. The van der Waals surface area contributed by atoms with Gasteiger partial charge in [-0.3, -0.25) is 10.1 Å². The van der Waals surface area contributed by atoms with E-state index in [0.717, 1.165) is 36.0 Å². The Kier molecular flexibility index (Phi) is 6.13. The van der Waals surface area contributed by atoms with E-state index >= 15 is 0 Å². The molecule has 0 bridgehead atoms. The van der Waals surface area contributed by atoms with Crippen molar-refractivity contribution in [2.24, 2.45) is 0 Å². The summed E-state index contributed by atoms with van der Waals surface area (Å²) in [5.74, 6) is -0.616. The van der Waals surface area contributed by atoms with Gasteiger partial charge in [0.25, 0.3) is 5.69 Å². The lowest BCUT2D eigenvalue weighted by molar-refractivity contribution is -0.384. The lowest BCUT2D eigenvalue weighted by Crippen LogP contribution is -2.11. The van der Waals surface area contributed by atoms with E-state index in [0.29, 0.717) is 5.69 Å². The van der Waals surface area contributed by atoms with Crippen LogP contribution in [0.5, 0.6) is 0 Å². The highest BCUT2D eigenvalue weighted by molar-refractivity contribution is 7.95. The van der Waals surface area contributed by atoms with E-state index < -0.39 is 25.5 Å². The molecule has 3 aromatic carbocycles. The first-order valence-corrected chi connectivity index (χ1v) is 10.4. The molecule has 0 radical (unpaired) electrons. The fourth-order valence-corrected chi connectivity index (χ4v) is 4.07. The zero-order valence-electron chi connectivity index (χ0n) is 16.3. The molecule has 0 atom stereocenters. The van der Waals surface area contributed by atoms with Gasteiger partial charge < -0.3 is 4.90 Å². The van der Waals surface area contributed by atoms with Crippen molar-refractivity contribution < 1.29 is 17.7 Å². The minimum absolute atomic E-state index is 0.166. The Labute approximate surface area is 178 Å². The molecule has 0 amide bonds. The number of nitriles is 1. The number of hydrogen-bond acceptors (Lipinski definition) is 6. The van der Waals surface area contributed by atoms with Crippen LogP contribution < -0.4 is 4.90 Å². The van der Waals surface area contributed by atoms with Crippen LogP contribution >= 0.6 is 0 Å². The second kappa shape index (κ2) is 8.77. The van der Waals surface area contributed by atoms with Crippen molar-refractivity contribution in [1.82, 2.24) is 0 Å². The molecular weight excluding hydrogens is 421 g/mol. The van der Waals surface area contributed by atoms with Gasteiger partial charge in [-0.15, -0.1) is 0 Å². The summed E-state index contributed by atoms with van der Waals surface area (Å²) in [5, 5.41) is 21.1. The van der Waals surface area contributed by atoms with Gasteiger partial charge in [-0.2, -0.15) is 5.26 Å². The molecule has 31 heavy (non-hydrogen) atoms. The lowest BCUT2D eigenvalue weighted by atomic mass is 10.1. The average molecular weight is 437 g/mol. The molecule has 0 aromatic heterocycles. The van der Waals surface area contributed by atoms with Crippen LogP contribution in [-0.2, 0) is 9.84 Å². The van der Waals surface area contributed by atoms with Crippen LogP contribution in [0.2, 0.25) is 0 Å². The van der Waals surface area contributed by atoms with E-state index in [1.165, 1.54) is 18.2 Å². The predicted molar refractivity (Wildman–Crippen MR) is 115 cm³/mol. The molecule has 0 aliphatic carbocycles. The minimum Gasteiger partial charge on any atom is -0.339 e. The highest BCUT2D eigenvalue weighted by Crippen LogP contribution is 2.34. The third-order valence-electron chi connectivity index (χ3n) is 4.52. The van der Waals surface area contributed by atoms with Gasteiger partial charge in [0, 0.05) is 18.8 Å². The van der Waals surface area contributed by atoms with Gasteiger partial charge in [-0.1, -0.05) is 24.3 Å². The van der Waals surface area contributed by atoms with Crippen LogP contribution in [0.25, 0.3) is 6.08 Å². The van der Waals surface area contributed by atoms with E-state index in [-0.39, 0.29) is 16.1 Å². The summed E-state index contributed by atoms with van der Waals surface area (Å²) < 4.78 is 38.5. The molecule has 3 rings (SSSR count). The number of anilines is 2. The van der Waals surface area contributed by atoms with E-state index in [1.807, 2.05) is 6.07 Å². The second-order valence-corrected chi connectivity index (χ2v) is 8.40. The number of sulfone groups is 1. The first-order chi connectivity index (χ1) is 14.7. The first kappa shape index (κ1) is 21.7. The Morgan fingerprint density at radius 2 is 1.74 bits per heavy atom. The molecule has 156 valence electrons. The summed E-state index contributed by atoms with van der Waals surface area (Å²) in [5.41, 5.74) is 0.939. The third-order valence-corrected chi connectivity index (χ3v) is 6.20. The quantitative estimate of drug-likeness (QED) is 0.237. The molecule has 0 fully saturated rings. The number of benzene rings is 3. The molecule has 9 heteroatoms. The van der Waals surface area contributed by atoms with Gasteiger partial charge in [-0.05, 0) is 54.1 Å². The topological polar surface area (TPSA) is 104 Å². The summed E-state index contributed by atoms with van der Waals surface area (Å²) in [6, 6.07) is 18.8. The molecular formula is C22H16FN3O4S. The van der Waals surface area contributed by atoms with Crippen molar-refractivity contribution in [2.45, 2.75) is 4.90 Å². The summed E-state index contributed by atoms with van der Waals surface area (Å²) in [6.07, 6.45) is 1.05. The van der Waals surface area contributed by atoms with Crippen LogP contribution in [0, 0.1) is 27.3 Å². The molecule has 0 saturated carbocycles. The molecule has 7 nitrogen and oxygen atoms in total. The molecule has 3 aromatic rings. The standard InChI is InChI=1S/C22H16FN3O4S/c1-25(18-5-3-2-4-6-18)21-12-7-16(14-22(21)26(27)28)13-20(15-24)31(29,30)19-10-8-17(23)9-11-19/h2-14H,1H3. The van der Waals surface area contributed by atoms with Crippen LogP contribution in [0.15, 0.2) is 82.6 Å².